The van der Waals surface area contributed by atoms with Crippen molar-refractivity contribution in [2.45, 2.75) is 45.2 Å². The Hall–Kier alpha value is -3.30. The van der Waals surface area contributed by atoms with Gasteiger partial charge in [-0.2, -0.15) is 0 Å². The van der Waals surface area contributed by atoms with Crippen LogP contribution in [0.25, 0.3) is 0 Å². The summed E-state index contributed by atoms with van der Waals surface area (Å²) in [6.45, 7) is 2.65. The highest BCUT2D eigenvalue weighted by Gasteiger charge is 2.42. The van der Waals surface area contributed by atoms with Crippen molar-refractivity contribution in [2.75, 3.05) is 13.2 Å². The van der Waals surface area contributed by atoms with Crippen molar-refractivity contribution in [1.82, 2.24) is 9.80 Å². The van der Waals surface area contributed by atoms with E-state index in [4.69, 9.17) is 4.74 Å². The Balaban J connectivity index is 1.63. The number of fused-ring (bicyclic) bond motifs is 1. The van der Waals surface area contributed by atoms with Crippen LogP contribution in [0, 0.1) is 10.1 Å². The van der Waals surface area contributed by atoms with E-state index in [0.29, 0.717) is 4.90 Å². The molecule has 1 fully saturated rings. The molecule has 3 rings (SSSR count). The summed E-state index contributed by atoms with van der Waals surface area (Å²) in [6.07, 6.45) is 2.77. The van der Waals surface area contributed by atoms with Crippen LogP contribution in [0.15, 0.2) is 18.2 Å². The summed E-state index contributed by atoms with van der Waals surface area (Å²) in [5, 5.41) is 11.1. The summed E-state index contributed by atoms with van der Waals surface area (Å²) in [5.41, 5.74) is -0.980. The van der Waals surface area contributed by atoms with Gasteiger partial charge < -0.3 is 9.64 Å². The number of ether oxygens (including phenoxy) is 1. The lowest BCUT2D eigenvalue weighted by molar-refractivity contribution is -0.385. The summed E-state index contributed by atoms with van der Waals surface area (Å²) < 4.78 is 4.98. The zero-order valence-corrected chi connectivity index (χ0v) is 16.1. The number of likely N-dealkylation sites (tertiary alicyclic amines) is 1. The van der Waals surface area contributed by atoms with Crippen LogP contribution < -0.4 is 0 Å². The lowest BCUT2D eigenvalue weighted by Gasteiger charge is -2.38. The molecule has 2 aliphatic heterocycles. The first kappa shape index (κ1) is 20.4. The van der Waals surface area contributed by atoms with Gasteiger partial charge in [-0.05, 0) is 39.2 Å². The molecule has 0 aliphatic carbocycles. The van der Waals surface area contributed by atoms with Gasteiger partial charge in [-0.15, -0.1) is 0 Å². The lowest BCUT2D eigenvalue weighted by atomic mass is 9.97. The van der Waals surface area contributed by atoms with E-state index < -0.39 is 41.5 Å². The average Bonchev–Trinajstić information content (AvgIpc) is 2.91. The number of carbonyl (C=O) groups is 4. The molecule has 2 aliphatic rings. The average molecular weight is 403 g/mol. The number of rotatable bonds is 5. The molecule has 2 heterocycles. The molecule has 1 aromatic carbocycles. The Morgan fingerprint density at radius 2 is 1.83 bits per heavy atom. The quantitative estimate of drug-likeness (QED) is 0.316. The molecule has 0 radical (unpaired) electrons. The Morgan fingerprint density at radius 3 is 2.45 bits per heavy atom. The van der Waals surface area contributed by atoms with Crippen LogP contribution in [0.4, 0.5) is 5.69 Å². The first-order chi connectivity index (χ1) is 13.7. The summed E-state index contributed by atoms with van der Waals surface area (Å²) >= 11 is 0. The number of piperidine rings is 1. The Kier molecular flexibility index (Phi) is 5.62. The number of nitro groups is 1. The van der Waals surface area contributed by atoms with E-state index in [0.717, 1.165) is 25.3 Å². The van der Waals surface area contributed by atoms with E-state index >= 15 is 0 Å². The van der Waals surface area contributed by atoms with E-state index in [1.165, 1.54) is 12.1 Å². The van der Waals surface area contributed by atoms with Crippen LogP contribution >= 0.6 is 0 Å². The molecular formula is C19H21N3O7. The van der Waals surface area contributed by atoms with Crippen molar-refractivity contribution in [3.8, 4) is 0 Å². The molecule has 3 amide bonds. The van der Waals surface area contributed by atoms with Gasteiger partial charge in [0, 0.05) is 18.2 Å². The molecule has 0 N–H and O–H groups in total. The van der Waals surface area contributed by atoms with Gasteiger partial charge in [0.25, 0.3) is 23.4 Å². The summed E-state index contributed by atoms with van der Waals surface area (Å²) in [7, 11) is 0. The number of nitro benzene ring substituents is 1. The van der Waals surface area contributed by atoms with Gasteiger partial charge in [0.1, 0.15) is 12.1 Å². The first-order valence-corrected chi connectivity index (χ1v) is 9.32. The fourth-order valence-corrected chi connectivity index (χ4v) is 3.92. The third-order valence-electron chi connectivity index (χ3n) is 5.30. The van der Waals surface area contributed by atoms with Crippen LogP contribution in [-0.4, -0.2) is 63.6 Å². The fraction of sp³-hybridized carbons (Fsp3) is 0.474. The van der Waals surface area contributed by atoms with Gasteiger partial charge in [-0.25, -0.2) is 0 Å². The third-order valence-corrected chi connectivity index (χ3v) is 5.30. The maximum absolute atomic E-state index is 12.5. The zero-order chi connectivity index (χ0) is 21.3. The fourth-order valence-electron chi connectivity index (χ4n) is 3.92. The van der Waals surface area contributed by atoms with Crippen LogP contribution in [0.1, 0.15) is 53.8 Å². The predicted octanol–water partition coefficient (Wildman–Crippen LogP) is 1.52. The van der Waals surface area contributed by atoms with Crippen LogP contribution in [-0.2, 0) is 14.3 Å². The molecule has 0 bridgehead atoms. The van der Waals surface area contributed by atoms with Crippen molar-refractivity contribution < 1.29 is 28.8 Å². The molecule has 2 atom stereocenters. The van der Waals surface area contributed by atoms with Gasteiger partial charge in [0.15, 0.2) is 6.61 Å². The molecule has 2 unspecified atom stereocenters. The Labute approximate surface area is 166 Å². The summed E-state index contributed by atoms with van der Waals surface area (Å²) in [5.74, 6) is -3.02. The van der Waals surface area contributed by atoms with Gasteiger partial charge >= 0.3 is 5.97 Å². The minimum Gasteiger partial charge on any atom is -0.454 e. The molecule has 154 valence electrons. The second-order valence-corrected chi connectivity index (χ2v) is 7.24. The minimum absolute atomic E-state index is 0.0433. The zero-order valence-electron chi connectivity index (χ0n) is 16.1. The number of imide groups is 1. The summed E-state index contributed by atoms with van der Waals surface area (Å²) in [4.78, 5) is 62.0. The van der Waals surface area contributed by atoms with E-state index in [1.54, 1.807) is 4.90 Å². The van der Waals surface area contributed by atoms with E-state index in [2.05, 4.69) is 0 Å². The standard InChI is InChI=1S/C19H21N3O7/c1-11-5-3-6-12(2)21(11)15(23)10-29-16(24)9-20-18(25)13-7-4-8-14(22(27)28)17(13)19(20)26/h4,7-8,11-12H,3,5-6,9-10H2,1-2H3. The second kappa shape index (κ2) is 7.98. The number of hydrogen-bond donors (Lipinski definition) is 0. The minimum atomic E-state index is -0.937. The highest BCUT2D eigenvalue weighted by molar-refractivity contribution is 6.24. The topological polar surface area (TPSA) is 127 Å². The number of carbonyl (C=O) groups excluding carboxylic acids is 4. The van der Waals surface area contributed by atoms with Gasteiger partial charge in [0.2, 0.25) is 0 Å². The molecule has 1 aromatic rings. The van der Waals surface area contributed by atoms with Crippen LogP contribution in [0.5, 0.6) is 0 Å². The Bertz CT molecular complexity index is 888. The molecule has 0 spiro atoms. The smallest absolute Gasteiger partial charge is 0.326 e. The molecule has 1 saturated heterocycles. The first-order valence-electron chi connectivity index (χ1n) is 9.32. The van der Waals surface area contributed by atoms with Crippen molar-refractivity contribution in [3.63, 3.8) is 0 Å². The van der Waals surface area contributed by atoms with Crippen molar-refractivity contribution in [3.05, 3.63) is 39.4 Å². The van der Waals surface area contributed by atoms with Crippen LogP contribution in [0.2, 0.25) is 0 Å². The monoisotopic (exact) mass is 403 g/mol. The summed E-state index contributed by atoms with van der Waals surface area (Å²) in [6, 6.07) is 3.79. The van der Waals surface area contributed by atoms with Gasteiger partial charge in [0.05, 0.1) is 10.5 Å². The van der Waals surface area contributed by atoms with Crippen molar-refractivity contribution in [1.29, 1.82) is 0 Å². The third kappa shape index (κ3) is 3.82. The number of amides is 3. The maximum Gasteiger partial charge on any atom is 0.326 e. The van der Waals surface area contributed by atoms with E-state index in [-0.39, 0.29) is 29.1 Å². The van der Waals surface area contributed by atoms with Crippen molar-refractivity contribution in [2.24, 2.45) is 0 Å². The van der Waals surface area contributed by atoms with E-state index in [1.807, 2.05) is 13.8 Å². The van der Waals surface area contributed by atoms with Crippen molar-refractivity contribution >= 4 is 29.4 Å². The molecule has 10 nitrogen and oxygen atoms in total. The highest BCUT2D eigenvalue weighted by atomic mass is 16.6. The molecule has 29 heavy (non-hydrogen) atoms. The lowest BCUT2D eigenvalue weighted by Crippen LogP contribution is -2.49. The SMILES string of the molecule is CC1CCCC(C)N1C(=O)COC(=O)CN1C(=O)c2cccc([N+](=O)[O-])c2C1=O. The van der Waals surface area contributed by atoms with Gasteiger partial charge in [-0.1, -0.05) is 6.07 Å². The van der Waals surface area contributed by atoms with E-state index in [9.17, 15) is 29.3 Å². The Morgan fingerprint density at radius 1 is 1.17 bits per heavy atom. The predicted molar refractivity (Wildman–Crippen MR) is 99.0 cm³/mol. The van der Waals surface area contributed by atoms with Crippen LogP contribution in [0.3, 0.4) is 0 Å². The number of esters is 1. The normalized spacial score (nSPS) is 21.2. The molecule has 0 aromatic heterocycles. The number of nitrogens with zero attached hydrogens (tertiary/aromatic N) is 3. The second-order valence-electron chi connectivity index (χ2n) is 7.24. The number of hydrogen-bond acceptors (Lipinski definition) is 7. The largest absolute Gasteiger partial charge is 0.454 e. The molecule has 0 saturated carbocycles. The van der Waals surface area contributed by atoms with Gasteiger partial charge in [-0.3, -0.25) is 34.2 Å². The highest BCUT2D eigenvalue weighted by Crippen LogP contribution is 2.30. The number of benzene rings is 1. The molecule has 10 heteroatoms. The molecular weight excluding hydrogens is 382 g/mol. The maximum atomic E-state index is 12.5.